The number of nitrogens with zero attached hydrogens (tertiary/aromatic N) is 5. The van der Waals surface area contributed by atoms with Crippen LogP contribution in [-0.2, 0) is 0 Å². The van der Waals surface area contributed by atoms with Crippen LogP contribution in [0.4, 0.5) is 0 Å². The van der Waals surface area contributed by atoms with Gasteiger partial charge in [-0.1, -0.05) is 37.7 Å². The summed E-state index contributed by atoms with van der Waals surface area (Å²) in [5, 5.41) is 6.36. The van der Waals surface area contributed by atoms with E-state index in [9.17, 15) is 0 Å². The average molecular weight is 301 g/mol. The van der Waals surface area contributed by atoms with Gasteiger partial charge in [0.25, 0.3) is 0 Å². The zero-order valence-corrected chi connectivity index (χ0v) is 13.2. The van der Waals surface area contributed by atoms with Gasteiger partial charge in [-0.15, -0.1) is 5.10 Å². The minimum atomic E-state index is 0.820. The molecule has 0 radical (unpaired) electrons. The van der Waals surface area contributed by atoms with Crippen molar-refractivity contribution < 1.29 is 0 Å². The average Bonchev–Trinajstić information content (AvgIpc) is 2.95. The van der Waals surface area contributed by atoms with Crippen molar-refractivity contribution >= 4 is 28.3 Å². The van der Waals surface area contributed by atoms with Crippen LogP contribution in [0.1, 0.15) is 13.8 Å². The van der Waals surface area contributed by atoms with E-state index in [4.69, 9.17) is 0 Å². The molecule has 21 heavy (non-hydrogen) atoms. The highest BCUT2D eigenvalue weighted by Crippen LogP contribution is 2.20. The molecule has 0 amide bonds. The van der Waals surface area contributed by atoms with Crippen LogP contribution in [0.15, 0.2) is 35.7 Å². The molecule has 0 fully saturated rings. The van der Waals surface area contributed by atoms with Crippen LogP contribution in [0, 0.1) is 0 Å². The summed E-state index contributed by atoms with van der Waals surface area (Å²) in [6.07, 6.45) is 1.74. The Morgan fingerprint density at radius 3 is 2.81 bits per heavy atom. The molecule has 6 heteroatoms. The first kappa shape index (κ1) is 14.3. The summed E-state index contributed by atoms with van der Waals surface area (Å²) in [5.74, 6) is 1.00. The summed E-state index contributed by atoms with van der Waals surface area (Å²) in [5.41, 5.74) is 1.84. The van der Waals surface area contributed by atoms with Crippen molar-refractivity contribution in [2.24, 2.45) is 0 Å². The van der Waals surface area contributed by atoms with E-state index in [0.29, 0.717) is 0 Å². The molecule has 0 N–H and O–H groups in total. The van der Waals surface area contributed by atoms with Gasteiger partial charge in [0.05, 0.1) is 5.52 Å². The third kappa shape index (κ3) is 3.01. The Morgan fingerprint density at radius 1 is 1.19 bits per heavy atom. The topological polar surface area (TPSA) is 46.3 Å². The Balaban J connectivity index is 1.79. The van der Waals surface area contributed by atoms with Gasteiger partial charge >= 0.3 is 0 Å². The lowest BCUT2D eigenvalue weighted by Crippen LogP contribution is -2.25. The number of hydrogen-bond acceptors (Lipinski definition) is 5. The van der Waals surface area contributed by atoms with E-state index in [-0.39, 0.29) is 0 Å². The van der Waals surface area contributed by atoms with Crippen molar-refractivity contribution in [3.8, 4) is 0 Å². The Morgan fingerprint density at radius 2 is 2.00 bits per heavy atom. The highest BCUT2D eigenvalue weighted by atomic mass is 32.2. The Kier molecular flexibility index (Phi) is 4.36. The van der Waals surface area contributed by atoms with Gasteiger partial charge in [-0.25, -0.2) is 14.5 Å². The highest BCUT2D eigenvalue weighted by Gasteiger charge is 2.08. The van der Waals surface area contributed by atoms with Crippen molar-refractivity contribution in [1.29, 1.82) is 0 Å². The van der Waals surface area contributed by atoms with Crippen LogP contribution in [0.3, 0.4) is 0 Å². The van der Waals surface area contributed by atoms with E-state index >= 15 is 0 Å². The molecule has 3 aromatic rings. The number of benzene rings is 1. The molecule has 0 saturated heterocycles. The maximum atomic E-state index is 4.65. The molecule has 0 aliphatic heterocycles. The second-order valence-electron chi connectivity index (χ2n) is 4.80. The van der Waals surface area contributed by atoms with E-state index in [1.807, 2.05) is 24.3 Å². The summed E-state index contributed by atoms with van der Waals surface area (Å²) >= 11 is 1.70. The lowest BCUT2D eigenvalue weighted by molar-refractivity contribution is 0.324. The predicted octanol–water partition coefficient (Wildman–Crippen LogP) is 2.71. The molecule has 2 heterocycles. The first-order chi connectivity index (χ1) is 10.3. The van der Waals surface area contributed by atoms with Gasteiger partial charge in [0.1, 0.15) is 6.33 Å². The molecule has 5 nitrogen and oxygen atoms in total. The van der Waals surface area contributed by atoms with Gasteiger partial charge in [0, 0.05) is 17.7 Å². The molecular weight excluding hydrogens is 282 g/mol. The van der Waals surface area contributed by atoms with Gasteiger partial charge < -0.3 is 4.90 Å². The maximum absolute atomic E-state index is 4.65. The fraction of sp³-hybridized carbons (Fsp3) is 0.400. The summed E-state index contributed by atoms with van der Waals surface area (Å²) in [4.78, 5) is 11.4. The van der Waals surface area contributed by atoms with Gasteiger partial charge in [-0.05, 0) is 25.2 Å². The monoisotopic (exact) mass is 301 g/mol. The first-order valence-electron chi connectivity index (χ1n) is 7.27. The molecule has 0 bridgehead atoms. The number of thioether (sulfide) groups is 1. The highest BCUT2D eigenvalue weighted by molar-refractivity contribution is 7.99. The van der Waals surface area contributed by atoms with Crippen LogP contribution in [0.2, 0.25) is 0 Å². The number of para-hydroxylation sites is 1. The zero-order valence-electron chi connectivity index (χ0n) is 12.4. The van der Waals surface area contributed by atoms with Crippen molar-refractivity contribution in [2.75, 3.05) is 25.4 Å². The first-order valence-corrected chi connectivity index (χ1v) is 8.25. The molecule has 3 rings (SSSR count). The lowest BCUT2D eigenvalue weighted by atomic mass is 10.2. The van der Waals surface area contributed by atoms with E-state index in [1.165, 1.54) is 0 Å². The van der Waals surface area contributed by atoms with Gasteiger partial charge in [-0.2, -0.15) is 0 Å². The SMILES string of the molecule is CCN(CC)CCSc1nc2c3ccccc3ncn2n1. The van der Waals surface area contributed by atoms with E-state index in [0.717, 1.165) is 47.1 Å². The molecule has 0 spiro atoms. The third-order valence-electron chi connectivity index (χ3n) is 3.60. The van der Waals surface area contributed by atoms with Crippen LogP contribution < -0.4 is 0 Å². The Hall–Kier alpha value is -1.66. The van der Waals surface area contributed by atoms with Crippen LogP contribution in [0.25, 0.3) is 16.6 Å². The quantitative estimate of drug-likeness (QED) is 0.655. The number of fused-ring (bicyclic) bond motifs is 3. The Bertz CT molecular complexity index is 735. The van der Waals surface area contributed by atoms with Crippen molar-refractivity contribution in [2.45, 2.75) is 19.0 Å². The van der Waals surface area contributed by atoms with Crippen LogP contribution in [-0.4, -0.2) is 49.9 Å². The second-order valence-corrected chi connectivity index (χ2v) is 5.86. The van der Waals surface area contributed by atoms with Crippen LogP contribution >= 0.6 is 11.8 Å². The van der Waals surface area contributed by atoms with Crippen LogP contribution in [0.5, 0.6) is 0 Å². The molecule has 1 aromatic carbocycles. The largest absolute Gasteiger partial charge is 0.303 e. The summed E-state index contributed by atoms with van der Waals surface area (Å²) in [6.45, 7) is 7.62. The number of rotatable bonds is 6. The molecule has 0 unspecified atom stereocenters. The summed E-state index contributed by atoms with van der Waals surface area (Å²) in [7, 11) is 0. The fourth-order valence-corrected chi connectivity index (χ4v) is 3.16. The minimum absolute atomic E-state index is 0.820. The van der Waals surface area contributed by atoms with Gasteiger partial charge in [-0.3, -0.25) is 0 Å². The normalized spacial score (nSPS) is 11.8. The third-order valence-corrected chi connectivity index (χ3v) is 4.41. The number of aromatic nitrogens is 4. The minimum Gasteiger partial charge on any atom is -0.303 e. The van der Waals surface area contributed by atoms with Gasteiger partial charge in [0.2, 0.25) is 5.16 Å². The van der Waals surface area contributed by atoms with Crippen molar-refractivity contribution in [3.63, 3.8) is 0 Å². The molecule has 0 aliphatic carbocycles. The van der Waals surface area contributed by atoms with E-state index in [2.05, 4.69) is 33.8 Å². The summed E-state index contributed by atoms with van der Waals surface area (Å²) in [6, 6.07) is 8.03. The molecule has 2 aromatic heterocycles. The van der Waals surface area contributed by atoms with E-state index < -0.39 is 0 Å². The molecule has 0 saturated carbocycles. The Labute approximate surface area is 128 Å². The van der Waals surface area contributed by atoms with E-state index in [1.54, 1.807) is 22.6 Å². The second kappa shape index (κ2) is 6.41. The smallest absolute Gasteiger partial charge is 0.209 e. The molecule has 0 aliphatic rings. The van der Waals surface area contributed by atoms with Crippen molar-refractivity contribution in [1.82, 2.24) is 24.5 Å². The zero-order chi connectivity index (χ0) is 14.7. The summed E-state index contributed by atoms with van der Waals surface area (Å²) < 4.78 is 1.77. The molecule has 0 atom stereocenters. The lowest BCUT2D eigenvalue weighted by Gasteiger charge is -2.16. The molecular formula is C15H19N5S. The fourth-order valence-electron chi connectivity index (χ4n) is 2.33. The molecule has 110 valence electrons. The predicted molar refractivity (Wildman–Crippen MR) is 86.8 cm³/mol. The number of hydrogen-bond donors (Lipinski definition) is 0. The van der Waals surface area contributed by atoms with Crippen molar-refractivity contribution in [3.05, 3.63) is 30.6 Å². The standard InChI is InChI=1S/C15H19N5S/c1-3-19(4-2)9-10-21-15-17-14-12-7-5-6-8-13(12)16-11-20(14)18-15/h5-8,11H,3-4,9-10H2,1-2H3. The maximum Gasteiger partial charge on any atom is 0.209 e. The van der Waals surface area contributed by atoms with Gasteiger partial charge in [0.15, 0.2) is 5.65 Å².